The van der Waals surface area contributed by atoms with E-state index in [4.69, 9.17) is 0 Å². The molecule has 106 valence electrons. The predicted octanol–water partition coefficient (Wildman–Crippen LogP) is 5.05. The molecule has 0 heterocycles. The normalized spacial score (nSPS) is 13.7. The Morgan fingerprint density at radius 2 is 1.84 bits per heavy atom. The van der Waals surface area contributed by atoms with E-state index in [1.54, 1.807) is 18.2 Å². The Balaban J connectivity index is 2.87. The maximum atomic E-state index is 12.3. The second-order valence-electron chi connectivity index (χ2n) is 5.37. The lowest BCUT2D eigenvalue weighted by molar-refractivity contribution is -0.127. The van der Waals surface area contributed by atoms with Gasteiger partial charge in [-0.25, -0.2) is 4.40 Å². The lowest BCUT2D eigenvalue weighted by Crippen LogP contribution is -2.12. The largest absolute Gasteiger partial charge is 0.393 e. The Hall–Kier alpha value is -0.970. The summed E-state index contributed by atoms with van der Waals surface area (Å²) in [5, 5.41) is 0. The van der Waals surface area contributed by atoms with Crippen LogP contribution < -0.4 is 0 Å². The van der Waals surface area contributed by atoms with Crippen molar-refractivity contribution in [3.63, 3.8) is 0 Å². The molecule has 0 aliphatic rings. The van der Waals surface area contributed by atoms with Crippen molar-refractivity contribution in [3.8, 4) is 0 Å². The van der Waals surface area contributed by atoms with E-state index in [-0.39, 0.29) is 10.3 Å². The number of benzene rings is 1. The molecule has 0 radical (unpaired) electrons. The van der Waals surface area contributed by atoms with E-state index in [9.17, 15) is 13.2 Å². The molecule has 1 aromatic carbocycles. The van der Waals surface area contributed by atoms with Crippen molar-refractivity contribution in [2.24, 2.45) is 4.40 Å². The van der Waals surface area contributed by atoms with E-state index in [2.05, 4.69) is 4.40 Å². The van der Waals surface area contributed by atoms with Gasteiger partial charge in [0.25, 0.3) is 0 Å². The highest BCUT2D eigenvalue weighted by atomic mass is 32.2. The average Bonchev–Trinajstić information content (AvgIpc) is 2.23. The summed E-state index contributed by atoms with van der Waals surface area (Å²) in [5.74, 6) is 0. The fourth-order valence-corrected chi connectivity index (χ4v) is 1.91. The van der Waals surface area contributed by atoms with Crippen LogP contribution >= 0.6 is 11.9 Å². The first-order valence-corrected chi connectivity index (χ1v) is 6.73. The van der Waals surface area contributed by atoms with Crippen LogP contribution in [0.25, 0.3) is 0 Å². The fraction of sp³-hybridized carbons (Fsp3) is 0.500. The van der Waals surface area contributed by atoms with Crippen molar-refractivity contribution in [2.45, 2.75) is 45.0 Å². The second kappa shape index (κ2) is 5.99. The summed E-state index contributed by atoms with van der Waals surface area (Å²) in [6.45, 7) is 7.92. The van der Waals surface area contributed by atoms with E-state index < -0.39 is 12.6 Å². The Labute approximate surface area is 116 Å². The lowest BCUT2D eigenvalue weighted by atomic mass is 10.1. The van der Waals surface area contributed by atoms with E-state index >= 15 is 0 Å². The number of hydrogen-bond acceptors (Lipinski definition) is 2. The SMILES string of the molecule is CC(=NSC(C)(C)C)c1cccc(CC(F)(F)F)c1. The van der Waals surface area contributed by atoms with Crippen LogP contribution in [0.2, 0.25) is 0 Å². The number of alkyl halides is 3. The number of rotatable bonds is 3. The molecule has 1 aromatic rings. The molecule has 0 spiro atoms. The van der Waals surface area contributed by atoms with Gasteiger partial charge in [0.15, 0.2) is 0 Å². The topological polar surface area (TPSA) is 12.4 Å². The summed E-state index contributed by atoms with van der Waals surface area (Å²) >= 11 is 1.42. The molecule has 1 rings (SSSR count). The average molecular weight is 289 g/mol. The molecular formula is C14H18F3NS. The first-order chi connectivity index (χ1) is 8.57. The summed E-state index contributed by atoms with van der Waals surface area (Å²) in [7, 11) is 0. The maximum absolute atomic E-state index is 12.3. The van der Waals surface area contributed by atoms with Crippen LogP contribution in [0.5, 0.6) is 0 Å². The minimum Gasteiger partial charge on any atom is -0.220 e. The van der Waals surface area contributed by atoms with Crippen molar-refractivity contribution in [1.29, 1.82) is 0 Å². The standard InChI is InChI=1S/C14H18F3NS/c1-10(18-19-13(2,3)4)12-7-5-6-11(8-12)9-14(15,16)17/h5-8H,9H2,1-4H3. The zero-order chi connectivity index (χ0) is 14.7. The van der Waals surface area contributed by atoms with Gasteiger partial charge in [-0.3, -0.25) is 0 Å². The fourth-order valence-electron chi connectivity index (χ4n) is 1.40. The molecule has 0 fully saturated rings. The summed E-state index contributed by atoms with van der Waals surface area (Å²) < 4.78 is 41.4. The number of halogens is 3. The third kappa shape index (κ3) is 6.66. The minimum absolute atomic E-state index is 0.00909. The van der Waals surface area contributed by atoms with Gasteiger partial charge >= 0.3 is 6.18 Å². The highest BCUT2D eigenvalue weighted by molar-refractivity contribution is 7.99. The molecule has 0 amide bonds. The molecule has 0 atom stereocenters. The van der Waals surface area contributed by atoms with Crippen molar-refractivity contribution in [2.75, 3.05) is 0 Å². The minimum atomic E-state index is -4.18. The second-order valence-corrected chi connectivity index (χ2v) is 6.96. The summed E-state index contributed by atoms with van der Waals surface area (Å²) in [6.07, 6.45) is -5.08. The quantitative estimate of drug-likeness (QED) is 0.560. The van der Waals surface area contributed by atoms with E-state index in [0.717, 1.165) is 11.3 Å². The molecule has 0 N–H and O–H groups in total. The first kappa shape index (κ1) is 16.1. The van der Waals surface area contributed by atoms with Crippen LogP contribution in [0.4, 0.5) is 13.2 Å². The Morgan fingerprint density at radius 3 is 2.37 bits per heavy atom. The third-order valence-corrected chi connectivity index (χ3v) is 3.12. The molecule has 0 aliphatic carbocycles. The third-order valence-electron chi connectivity index (χ3n) is 2.21. The lowest BCUT2D eigenvalue weighted by Gasteiger charge is -2.14. The molecule has 0 aromatic heterocycles. The van der Waals surface area contributed by atoms with Crippen molar-refractivity contribution >= 4 is 17.7 Å². The van der Waals surface area contributed by atoms with Crippen molar-refractivity contribution in [3.05, 3.63) is 35.4 Å². The molecule has 1 nitrogen and oxygen atoms in total. The zero-order valence-corrected chi connectivity index (χ0v) is 12.3. The molecule has 0 unspecified atom stereocenters. The maximum Gasteiger partial charge on any atom is 0.393 e. The first-order valence-electron chi connectivity index (χ1n) is 5.96. The molecule has 0 saturated carbocycles. The van der Waals surface area contributed by atoms with Crippen molar-refractivity contribution < 1.29 is 13.2 Å². The van der Waals surface area contributed by atoms with Gasteiger partial charge in [0.2, 0.25) is 0 Å². The summed E-state index contributed by atoms with van der Waals surface area (Å²) in [4.78, 5) is 0. The molecule has 19 heavy (non-hydrogen) atoms. The van der Waals surface area contributed by atoms with Crippen LogP contribution in [0.15, 0.2) is 28.7 Å². The molecule has 0 saturated heterocycles. The molecule has 5 heteroatoms. The zero-order valence-electron chi connectivity index (χ0n) is 11.5. The van der Waals surface area contributed by atoms with Gasteiger partial charge in [0.1, 0.15) is 0 Å². The molecular weight excluding hydrogens is 271 g/mol. The van der Waals surface area contributed by atoms with E-state index in [1.807, 2.05) is 27.7 Å². The van der Waals surface area contributed by atoms with Gasteiger partial charge in [0, 0.05) is 4.75 Å². The summed E-state index contributed by atoms with van der Waals surface area (Å²) in [6, 6.07) is 6.45. The highest BCUT2D eigenvalue weighted by Crippen LogP contribution is 2.26. The van der Waals surface area contributed by atoms with Crippen LogP contribution in [-0.4, -0.2) is 16.6 Å². The highest BCUT2D eigenvalue weighted by Gasteiger charge is 2.27. The smallest absolute Gasteiger partial charge is 0.220 e. The van der Waals surface area contributed by atoms with Crippen LogP contribution in [0, 0.1) is 0 Å². The Kier molecular flexibility index (Phi) is 5.07. The van der Waals surface area contributed by atoms with Gasteiger partial charge in [-0.15, -0.1) is 0 Å². The van der Waals surface area contributed by atoms with E-state index in [1.165, 1.54) is 18.0 Å². The van der Waals surface area contributed by atoms with Crippen LogP contribution in [0.3, 0.4) is 0 Å². The molecule has 0 aliphatic heterocycles. The van der Waals surface area contributed by atoms with Crippen molar-refractivity contribution in [1.82, 2.24) is 0 Å². The van der Waals surface area contributed by atoms with Gasteiger partial charge in [0.05, 0.1) is 12.1 Å². The van der Waals surface area contributed by atoms with Gasteiger partial charge in [-0.1, -0.05) is 18.2 Å². The summed E-state index contributed by atoms with van der Waals surface area (Å²) in [5.41, 5.74) is 1.74. The monoisotopic (exact) mass is 289 g/mol. The molecule has 0 bridgehead atoms. The number of nitrogens with zero attached hydrogens (tertiary/aromatic N) is 1. The van der Waals surface area contributed by atoms with E-state index in [0.29, 0.717) is 0 Å². The Morgan fingerprint density at radius 1 is 1.21 bits per heavy atom. The van der Waals surface area contributed by atoms with Crippen LogP contribution in [0.1, 0.15) is 38.8 Å². The Bertz CT molecular complexity index is 458. The number of hydrogen-bond donors (Lipinski definition) is 0. The van der Waals surface area contributed by atoms with Gasteiger partial charge in [-0.05, 0) is 56.8 Å². The van der Waals surface area contributed by atoms with Gasteiger partial charge < -0.3 is 0 Å². The predicted molar refractivity (Wildman–Crippen MR) is 75.8 cm³/mol. The van der Waals surface area contributed by atoms with Crippen LogP contribution in [-0.2, 0) is 6.42 Å². The van der Waals surface area contributed by atoms with Gasteiger partial charge in [-0.2, -0.15) is 13.2 Å².